The molecule has 2 aromatic carbocycles. The van der Waals surface area contributed by atoms with Crippen molar-refractivity contribution in [2.75, 3.05) is 0 Å². The van der Waals surface area contributed by atoms with E-state index >= 15 is 0 Å². The minimum Gasteiger partial charge on any atom is -0.506 e. The van der Waals surface area contributed by atoms with Crippen LogP contribution >= 0.6 is 23.2 Å². The van der Waals surface area contributed by atoms with Crippen molar-refractivity contribution in [1.29, 1.82) is 0 Å². The lowest BCUT2D eigenvalue weighted by Gasteiger charge is -2.18. The molecule has 132 valence electrons. The third-order valence-electron chi connectivity index (χ3n) is 3.76. The number of carbonyl (C=O) groups is 1. The number of benzene rings is 2. The fourth-order valence-electron chi connectivity index (χ4n) is 2.22. The molecule has 2 rings (SSSR count). The van der Waals surface area contributed by atoms with Crippen LogP contribution in [0, 0.1) is 0 Å². The summed E-state index contributed by atoms with van der Waals surface area (Å²) in [5.74, 6) is -0.469. The molecule has 0 spiro atoms. The Balaban J connectivity index is 2.17. The van der Waals surface area contributed by atoms with Gasteiger partial charge in [0.2, 0.25) is 0 Å². The van der Waals surface area contributed by atoms with Gasteiger partial charge in [0, 0.05) is 16.1 Å². The molecule has 0 aliphatic heterocycles. The second-order valence-corrected chi connectivity index (χ2v) is 7.59. The maximum absolute atomic E-state index is 12.2. The molecule has 0 saturated carbocycles. The number of carbonyl (C=O) groups excluding carboxylic acids is 1. The number of halogens is 2. The summed E-state index contributed by atoms with van der Waals surface area (Å²) in [6.45, 7) is 7.97. The highest BCUT2D eigenvalue weighted by Crippen LogP contribution is 2.31. The van der Waals surface area contributed by atoms with Crippen LogP contribution in [0.1, 0.15) is 49.2 Å². The third kappa shape index (κ3) is 4.74. The molecule has 2 N–H and O–H groups in total. The highest BCUT2D eigenvalue weighted by Gasteiger charge is 2.15. The van der Waals surface area contributed by atoms with Crippen molar-refractivity contribution < 1.29 is 9.90 Å². The number of hydrogen-bond acceptors (Lipinski definition) is 3. The molecule has 6 heteroatoms. The summed E-state index contributed by atoms with van der Waals surface area (Å²) in [6.07, 6.45) is 0. The smallest absolute Gasteiger partial charge is 0.271 e. The first-order chi connectivity index (χ1) is 11.6. The monoisotopic (exact) mass is 378 g/mol. The van der Waals surface area contributed by atoms with E-state index < -0.39 is 0 Å². The van der Waals surface area contributed by atoms with Crippen molar-refractivity contribution >= 4 is 34.8 Å². The average molecular weight is 379 g/mol. The fraction of sp³-hybridized carbons (Fsp3) is 0.263. The fourth-order valence-corrected chi connectivity index (χ4v) is 2.72. The van der Waals surface area contributed by atoms with Gasteiger partial charge in [0.05, 0.1) is 10.7 Å². The molecule has 1 amide bonds. The number of phenolic OH excluding ortho intramolecular Hbond substituents is 1. The summed E-state index contributed by atoms with van der Waals surface area (Å²) in [4.78, 5) is 12.2. The van der Waals surface area contributed by atoms with E-state index in [-0.39, 0.29) is 22.1 Å². The number of amides is 1. The van der Waals surface area contributed by atoms with E-state index in [9.17, 15) is 9.90 Å². The summed E-state index contributed by atoms with van der Waals surface area (Å²) in [6, 6.07) is 10.3. The van der Waals surface area contributed by atoms with E-state index in [0.29, 0.717) is 21.9 Å². The van der Waals surface area contributed by atoms with Crippen LogP contribution in [0.15, 0.2) is 41.5 Å². The predicted molar refractivity (Wildman–Crippen MR) is 103 cm³/mol. The molecule has 0 aliphatic rings. The molecule has 0 radical (unpaired) electrons. The minimum absolute atomic E-state index is 0.0210. The quantitative estimate of drug-likeness (QED) is 0.572. The maximum Gasteiger partial charge on any atom is 0.271 e. The Labute approximate surface area is 157 Å². The van der Waals surface area contributed by atoms with Gasteiger partial charge in [-0.05, 0) is 42.2 Å². The van der Waals surface area contributed by atoms with Crippen LogP contribution < -0.4 is 5.43 Å². The zero-order valence-corrected chi connectivity index (χ0v) is 16.0. The highest BCUT2D eigenvalue weighted by atomic mass is 35.5. The van der Waals surface area contributed by atoms with Gasteiger partial charge >= 0.3 is 0 Å². The number of hydrogen-bond donors (Lipinski definition) is 2. The van der Waals surface area contributed by atoms with Gasteiger partial charge in [-0.25, -0.2) is 5.43 Å². The van der Waals surface area contributed by atoms with Crippen LogP contribution in [0.5, 0.6) is 5.75 Å². The van der Waals surface area contributed by atoms with Crippen LogP contribution in [0.2, 0.25) is 10.0 Å². The predicted octanol–water partition coefficient (Wildman–Crippen LogP) is 5.15. The summed E-state index contributed by atoms with van der Waals surface area (Å²) in [5.41, 5.74) is 4.89. The molecule has 0 fully saturated rings. The van der Waals surface area contributed by atoms with Gasteiger partial charge in [-0.1, -0.05) is 56.1 Å². The summed E-state index contributed by atoms with van der Waals surface area (Å²) in [7, 11) is 0. The van der Waals surface area contributed by atoms with Crippen molar-refractivity contribution in [1.82, 2.24) is 5.43 Å². The Morgan fingerprint density at radius 3 is 2.28 bits per heavy atom. The van der Waals surface area contributed by atoms with Crippen molar-refractivity contribution in [2.45, 2.75) is 33.1 Å². The standard InChI is InChI=1S/C19H20Cl2N2O2/c1-11(15-9-14(20)10-16(21)17(15)24)22-23-18(25)12-5-7-13(8-6-12)19(2,3)4/h5-10,24H,1-4H3,(H,23,25)/b22-11+. The lowest BCUT2D eigenvalue weighted by atomic mass is 9.87. The molecule has 0 atom stereocenters. The molecule has 2 aromatic rings. The second kappa shape index (κ2) is 7.46. The van der Waals surface area contributed by atoms with Crippen molar-refractivity contribution in [3.05, 3.63) is 63.1 Å². The molecule has 0 saturated heterocycles. The van der Waals surface area contributed by atoms with Gasteiger partial charge in [0.25, 0.3) is 5.91 Å². The average Bonchev–Trinajstić information content (AvgIpc) is 2.55. The Kier molecular flexibility index (Phi) is 5.76. The zero-order valence-electron chi connectivity index (χ0n) is 14.5. The van der Waals surface area contributed by atoms with Gasteiger partial charge in [0.1, 0.15) is 5.75 Å². The van der Waals surface area contributed by atoms with Crippen LogP contribution in [-0.4, -0.2) is 16.7 Å². The molecule has 25 heavy (non-hydrogen) atoms. The summed E-state index contributed by atoms with van der Waals surface area (Å²) >= 11 is 11.8. The molecule has 4 nitrogen and oxygen atoms in total. The van der Waals surface area contributed by atoms with E-state index in [0.717, 1.165) is 5.56 Å². The number of nitrogens with one attached hydrogen (secondary N) is 1. The zero-order chi connectivity index (χ0) is 18.8. The first-order valence-corrected chi connectivity index (χ1v) is 8.48. The maximum atomic E-state index is 12.2. The van der Waals surface area contributed by atoms with Gasteiger partial charge in [0.15, 0.2) is 0 Å². The van der Waals surface area contributed by atoms with Gasteiger partial charge in [-0.2, -0.15) is 5.10 Å². The minimum atomic E-state index is -0.340. The molecule has 0 heterocycles. The number of phenols is 1. The first kappa shape index (κ1) is 19.3. The second-order valence-electron chi connectivity index (χ2n) is 6.75. The molecule has 0 aliphatic carbocycles. The Morgan fingerprint density at radius 1 is 1.12 bits per heavy atom. The van der Waals surface area contributed by atoms with E-state index in [1.165, 1.54) is 12.1 Å². The number of nitrogens with zero attached hydrogens (tertiary/aromatic N) is 1. The summed E-state index contributed by atoms with van der Waals surface area (Å²) < 4.78 is 0. The van der Waals surface area contributed by atoms with Crippen molar-refractivity contribution in [3.63, 3.8) is 0 Å². The Bertz CT molecular complexity index is 823. The van der Waals surface area contributed by atoms with Crippen LogP contribution in [-0.2, 0) is 5.41 Å². The molecular weight excluding hydrogens is 359 g/mol. The van der Waals surface area contributed by atoms with E-state index in [2.05, 4.69) is 31.3 Å². The Morgan fingerprint density at radius 2 is 1.72 bits per heavy atom. The molecular formula is C19H20Cl2N2O2. The Hall–Kier alpha value is -2.04. The van der Waals surface area contributed by atoms with Gasteiger partial charge in [-0.15, -0.1) is 0 Å². The molecule has 0 unspecified atom stereocenters. The van der Waals surface area contributed by atoms with E-state index in [1.54, 1.807) is 19.1 Å². The number of hydrazone groups is 1. The van der Waals surface area contributed by atoms with E-state index in [4.69, 9.17) is 23.2 Å². The van der Waals surface area contributed by atoms with Gasteiger partial charge in [-0.3, -0.25) is 4.79 Å². The third-order valence-corrected chi connectivity index (χ3v) is 4.26. The SMILES string of the molecule is C/C(=N\NC(=O)c1ccc(C(C)(C)C)cc1)c1cc(Cl)cc(Cl)c1O. The number of aromatic hydroxyl groups is 1. The van der Waals surface area contributed by atoms with Gasteiger partial charge < -0.3 is 5.11 Å². The van der Waals surface area contributed by atoms with Crippen molar-refractivity contribution in [2.24, 2.45) is 5.10 Å². The van der Waals surface area contributed by atoms with Crippen LogP contribution in [0.25, 0.3) is 0 Å². The molecule has 0 bridgehead atoms. The lowest BCUT2D eigenvalue weighted by molar-refractivity contribution is 0.0954. The van der Waals surface area contributed by atoms with Crippen LogP contribution in [0.3, 0.4) is 0 Å². The van der Waals surface area contributed by atoms with Crippen LogP contribution in [0.4, 0.5) is 0 Å². The van der Waals surface area contributed by atoms with Crippen molar-refractivity contribution in [3.8, 4) is 5.75 Å². The summed E-state index contributed by atoms with van der Waals surface area (Å²) in [5, 5.41) is 14.5. The number of rotatable bonds is 3. The lowest BCUT2D eigenvalue weighted by Crippen LogP contribution is -2.20. The molecule has 0 aromatic heterocycles. The topological polar surface area (TPSA) is 61.7 Å². The normalized spacial score (nSPS) is 12.2. The highest BCUT2D eigenvalue weighted by molar-refractivity contribution is 6.36. The first-order valence-electron chi connectivity index (χ1n) is 7.73. The largest absolute Gasteiger partial charge is 0.506 e. The van der Waals surface area contributed by atoms with E-state index in [1.807, 2.05) is 12.1 Å².